The molecule has 76 valence electrons. The maximum atomic E-state index is 9.27. The number of aliphatic hydroxyl groups is 2. The van der Waals surface area contributed by atoms with Gasteiger partial charge in [-0.05, 0) is 29.9 Å². The predicted molar refractivity (Wildman–Crippen MR) is 55.2 cm³/mol. The standard InChI is InChI=1S/C12H16O2/c13-7-9-5-10-3-1-2-4-12(10)11(6-9)8-14/h1-4,9,11,13-14H,5-8H2/t9-,11+/m1/s1. The van der Waals surface area contributed by atoms with Crippen LogP contribution < -0.4 is 0 Å². The van der Waals surface area contributed by atoms with Crippen LogP contribution in [0, 0.1) is 5.92 Å². The van der Waals surface area contributed by atoms with Gasteiger partial charge in [0.05, 0.1) is 0 Å². The van der Waals surface area contributed by atoms with Gasteiger partial charge in [-0.25, -0.2) is 0 Å². The lowest BCUT2D eigenvalue weighted by molar-refractivity contribution is 0.178. The fourth-order valence-corrected chi connectivity index (χ4v) is 2.35. The number of aliphatic hydroxyl groups excluding tert-OH is 2. The molecule has 1 aromatic rings. The molecular weight excluding hydrogens is 176 g/mol. The van der Waals surface area contributed by atoms with E-state index in [0.717, 1.165) is 12.8 Å². The highest BCUT2D eigenvalue weighted by Gasteiger charge is 2.25. The topological polar surface area (TPSA) is 40.5 Å². The molecule has 0 heterocycles. The molecule has 0 unspecified atom stereocenters. The van der Waals surface area contributed by atoms with E-state index in [9.17, 15) is 5.11 Å². The van der Waals surface area contributed by atoms with E-state index in [-0.39, 0.29) is 19.1 Å². The highest BCUT2D eigenvalue weighted by Crippen LogP contribution is 2.34. The molecule has 0 saturated heterocycles. The second-order valence-corrected chi connectivity index (χ2v) is 4.07. The Morgan fingerprint density at radius 2 is 1.93 bits per heavy atom. The molecule has 0 amide bonds. The van der Waals surface area contributed by atoms with Crippen molar-refractivity contribution in [1.82, 2.24) is 0 Å². The van der Waals surface area contributed by atoms with E-state index in [0.29, 0.717) is 5.92 Å². The summed E-state index contributed by atoms with van der Waals surface area (Å²) in [5.41, 5.74) is 2.55. The van der Waals surface area contributed by atoms with Crippen LogP contribution >= 0.6 is 0 Å². The van der Waals surface area contributed by atoms with Gasteiger partial charge in [0.1, 0.15) is 0 Å². The zero-order chi connectivity index (χ0) is 9.97. The van der Waals surface area contributed by atoms with Gasteiger partial charge in [-0.2, -0.15) is 0 Å². The molecule has 0 bridgehead atoms. The fraction of sp³-hybridized carbons (Fsp3) is 0.500. The zero-order valence-electron chi connectivity index (χ0n) is 8.19. The fourth-order valence-electron chi connectivity index (χ4n) is 2.35. The van der Waals surface area contributed by atoms with Crippen LogP contribution in [0.1, 0.15) is 23.5 Å². The minimum atomic E-state index is 0.188. The van der Waals surface area contributed by atoms with Gasteiger partial charge >= 0.3 is 0 Å². The Bertz CT molecular complexity index is 309. The second-order valence-electron chi connectivity index (χ2n) is 4.07. The predicted octanol–water partition coefficient (Wildman–Crippen LogP) is 1.32. The Balaban J connectivity index is 2.31. The van der Waals surface area contributed by atoms with Crippen LogP contribution in [0.2, 0.25) is 0 Å². The Morgan fingerprint density at radius 1 is 1.14 bits per heavy atom. The molecule has 1 aliphatic rings. The molecule has 0 fully saturated rings. The Labute approximate surface area is 84.2 Å². The number of rotatable bonds is 2. The summed E-state index contributed by atoms with van der Waals surface area (Å²) in [7, 11) is 0. The van der Waals surface area contributed by atoms with Gasteiger partial charge in [0, 0.05) is 19.1 Å². The zero-order valence-corrected chi connectivity index (χ0v) is 8.19. The average molecular weight is 192 g/mol. The molecule has 1 aromatic carbocycles. The minimum absolute atomic E-state index is 0.188. The summed E-state index contributed by atoms with van der Waals surface area (Å²) in [5.74, 6) is 0.541. The summed E-state index contributed by atoms with van der Waals surface area (Å²) in [4.78, 5) is 0. The smallest absolute Gasteiger partial charge is 0.0499 e. The first-order chi connectivity index (χ1) is 6.85. The summed E-state index contributed by atoms with van der Waals surface area (Å²) in [6, 6.07) is 8.22. The lowest BCUT2D eigenvalue weighted by atomic mass is 9.77. The normalized spacial score (nSPS) is 25.9. The second kappa shape index (κ2) is 4.11. The molecule has 0 saturated carbocycles. The minimum Gasteiger partial charge on any atom is -0.396 e. The van der Waals surface area contributed by atoms with E-state index in [1.54, 1.807) is 0 Å². The van der Waals surface area contributed by atoms with E-state index in [1.807, 2.05) is 12.1 Å². The number of hydrogen-bond donors (Lipinski definition) is 2. The highest BCUT2D eigenvalue weighted by molar-refractivity contribution is 5.33. The van der Waals surface area contributed by atoms with E-state index in [2.05, 4.69) is 12.1 Å². The third kappa shape index (κ3) is 1.68. The maximum absolute atomic E-state index is 9.27. The molecule has 2 N–H and O–H groups in total. The number of benzene rings is 1. The Hall–Kier alpha value is -0.860. The van der Waals surface area contributed by atoms with Gasteiger partial charge in [-0.3, -0.25) is 0 Å². The van der Waals surface area contributed by atoms with Gasteiger partial charge in [-0.1, -0.05) is 24.3 Å². The van der Waals surface area contributed by atoms with Crippen LogP contribution in [0.5, 0.6) is 0 Å². The molecule has 0 spiro atoms. The van der Waals surface area contributed by atoms with Gasteiger partial charge in [0.15, 0.2) is 0 Å². The lowest BCUT2D eigenvalue weighted by Crippen LogP contribution is -2.23. The number of hydrogen-bond acceptors (Lipinski definition) is 2. The van der Waals surface area contributed by atoms with Crippen molar-refractivity contribution in [2.24, 2.45) is 5.92 Å². The first-order valence-corrected chi connectivity index (χ1v) is 5.14. The van der Waals surface area contributed by atoms with Crippen molar-refractivity contribution >= 4 is 0 Å². The molecule has 0 radical (unpaired) electrons. The van der Waals surface area contributed by atoms with Gasteiger partial charge in [0.25, 0.3) is 0 Å². The van der Waals surface area contributed by atoms with E-state index >= 15 is 0 Å². The summed E-state index contributed by atoms with van der Waals surface area (Å²) in [5, 5.41) is 18.4. The molecule has 0 aromatic heterocycles. The van der Waals surface area contributed by atoms with Crippen LogP contribution in [-0.4, -0.2) is 23.4 Å². The van der Waals surface area contributed by atoms with Crippen molar-refractivity contribution in [2.45, 2.75) is 18.8 Å². The summed E-state index contributed by atoms with van der Waals surface area (Å²) < 4.78 is 0. The third-order valence-electron chi connectivity index (χ3n) is 3.10. The van der Waals surface area contributed by atoms with Crippen LogP contribution in [0.3, 0.4) is 0 Å². The van der Waals surface area contributed by atoms with Crippen LogP contribution in [0.15, 0.2) is 24.3 Å². The summed E-state index contributed by atoms with van der Waals surface area (Å²) >= 11 is 0. The Morgan fingerprint density at radius 3 is 2.64 bits per heavy atom. The van der Waals surface area contributed by atoms with Crippen molar-refractivity contribution in [1.29, 1.82) is 0 Å². The van der Waals surface area contributed by atoms with Crippen LogP contribution in [0.25, 0.3) is 0 Å². The van der Waals surface area contributed by atoms with E-state index in [1.165, 1.54) is 11.1 Å². The Kier molecular flexibility index (Phi) is 2.85. The van der Waals surface area contributed by atoms with Crippen LogP contribution in [0.4, 0.5) is 0 Å². The lowest BCUT2D eigenvalue weighted by Gasteiger charge is -2.29. The molecule has 0 aliphatic heterocycles. The molecule has 2 rings (SSSR count). The number of fused-ring (bicyclic) bond motifs is 1. The monoisotopic (exact) mass is 192 g/mol. The van der Waals surface area contributed by atoms with Crippen molar-refractivity contribution in [3.05, 3.63) is 35.4 Å². The molecule has 2 atom stereocenters. The SMILES string of the molecule is OC[C@@H]1Cc2ccccc2[C@H](CO)C1. The largest absolute Gasteiger partial charge is 0.396 e. The first-order valence-electron chi connectivity index (χ1n) is 5.14. The maximum Gasteiger partial charge on any atom is 0.0499 e. The average Bonchev–Trinajstić information content (AvgIpc) is 2.27. The third-order valence-corrected chi connectivity index (χ3v) is 3.10. The van der Waals surface area contributed by atoms with Crippen molar-refractivity contribution < 1.29 is 10.2 Å². The summed E-state index contributed by atoms with van der Waals surface area (Å²) in [6.45, 7) is 0.415. The molecule has 2 nitrogen and oxygen atoms in total. The molecule has 14 heavy (non-hydrogen) atoms. The molecular formula is C12H16O2. The van der Waals surface area contributed by atoms with Gasteiger partial charge in [0.2, 0.25) is 0 Å². The van der Waals surface area contributed by atoms with Gasteiger partial charge < -0.3 is 10.2 Å². The first kappa shape index (κ1) is 9.69. The highest BCUT2D eigenvalue weighted by atomic mass is 16.3. The van der Waals surface area contributed by atoms with Crippen molar-refractivity contribution in [3.8, 4) is 0 Å². The quantitative estimate of drug-likeness (QED) is 0.742. The molecule has 1 aliphatic carbocycles. The van der Waals surface area contributed by atoms with Crippen LogP contribution in [-0.2, 0) is 6.42 Å². The van der Waals surface area contributed by atoms with Crippen molar-refractivity contribution in [2.75, 3.05) is 13.2 Å². The van der Waals surface area contributed by atoms with E-state index < -0.39 is 0 Å². The molecule has 2 heteroatoms. The summed E-state index contributed by atoms with van der Waals surface area (Å²) in [6.07, 6.45) is 1.85. The van der Waals surface area contributed by atoms with E-state index in [4.69, 9.17) is 5.11 Å². The van der Waals surface area contributed by atoms with Gasteiger partial charge in [-0.15, -0.1) is 0 Å². The van der Waals surface area contributed by atoms with Crippen molar-refractivity contribution in [3.63, 3.8) is 0 Å².